The second-order valence-electron chi connectivity index (χ2n) is 11.5. The summed E-state index contributed by atoms with van der Waals surface area (Å²) in [6.45, 7) is 2.16. The van der Waals surface area contributed by atoms with Gasteiger partial charge in [-0.15, -0.1) is 0 Å². The van der Waals surface area contributed by atoms with Gasteiger partial charge in [-0.1, -0.05) is 25.1 Å². The van der Waals surface area contributed by atoms with Gasteiger partial charge in [0.1, 0.15) is 27.8 Å². The summed E-state index contributed by atoms with van der Waals surface area (Å²) in [5.74, 6) is 1.56. The molecule has 4 atom stereocenters. The highest BCUT2D eigenvalue weighted by Crippen LogP contribution is 2.61. The molecule has 2 N–H and O–H groups in total. The van der Waals surface area contributed by atoms with Gasteiger partial charge in [0.2, 0.25) is 0 Å². The van der Waals surface area contributed by atoms with E-state index in [0.29, 0.717) is 52.3 Å². The van der Waals surface area contributed by atoms with Crippen molar-refractivity contribution in [2.75, 3.05) is 20.8 Å². The number of hydrazone groups is 1. The molecule has 10 nitrogen and oxygen atoms in total. The molecule has 3 aromatic carbocycles. The number of halogens is 1. The molecule has 1 saturated carbocycles. The maximum absolute atomic E-state index is 13.8. The molecule has 0 unspecified atom stereocenters. The van der Waals surface area contributed by atoms with Gasteiger partial charge in [0.15, 0.2) is 0 Å². The van der Waals surface area contributed by atoms with Crippen LogP contribution in [0.4, 0.5) is 0 Å². The van der Waals surface area contributed by atoms with E-state index in [-0.39, 0.29) is 29.9 Å². The largest absolute Gasteiger partial charge is 0.497 e. The molecule has 12 heteroatoms. The third kappa shape index (κ3) is 5.02. The predicted octanol–water partition coefficient (Wildman–Crippen LogP) is 4.64. The molecule has 1 fully saturated rings. The molecule has 3 aromatic rings. The molecule has 6 rings (SSSR count). The summed E-state index contributed by atoms with van der Waals surface area (Å²) in [6.07, 6.45) is 0.923. The molecule has 0 aromatic heterocycles. The zero-order valence-electron chi connectivity index (χ0n) is 24.6. The fraction of sp³-hybridized carbons (Fsp3) is 0.375. The van der Waals surface area contributed by atoms with Gasteiger partial charge in [-0.05, 0) is 82.7 Å². The Morgan fingerprint density at radius 3 is 2.52 bits per heavy atom. The quantitative estimate of drug-likeness (QED) is 0.348. The molecule has 2 aliphatic heterocycles. The highest BCUT2D eigenvalue weighted by atomic mass is 79.9. The number of sulfonamides is 1. The van der Waals surface area contributed by atoms with Crippen LogP contribution in [-0.4, -0.2) is 63.0 Å². The summed E-state index contributed by atoms with van der Waals surface area (Å²) >= 11 is 3.69. The minimum Gasteiger partial charge on any atom is -0.497 e. The molecule has 1 spiro atoms. The van der Waals surface area contributed by atoms with Gasteiger partial charge in [-0.3, -0.25) is 4.79 Å². The lowest BCUT2D eigenvalue weighted by atomic mass is 9.59. The van der Waals surface area contributed by atoms with Gasteiger partial charge in [-0.2, -0.15) is 13.5 Å². The number of benzene rings is 3. The first-order valence-corrected chi connectivity index (χ1v) is 16.6. The Bertz CT molecular complexity index is 1720. The van der Waals surface area contributed by atoms with Crippen molar-refractivity contribution in [3.63, 3.8) is 0 Å². The number of hydrogen-bond donors (Lipinski definition) is 2. The molecule has 1 aliphatic carbocycles. The number of carbonyl (C=O) groups excluding carboxylic acids is 1. The van der Waals surface area contributed by atoms with E-state index in [4.69, 9.17) is 14.2 Å². The second-order valence-corrected chi connectivity index (χ2v) is 14.0. The number of hydrogen-bond acceptors (Lipinski definition) is 8. The van der Waals surface area contributed by atoms with Crippen molar-refractivity contribution in [1.82, 2.24) is 9.73 Å². The molecule has 232 valence electrons. The van der Waals surface area contributed by atoms with Crippen molar-refractivity contribution in [2.24, 2.45) is 11.0 Å². The Hall–Kier alpha value is -3.61. The number of rotatable bonds is 7. The zero-order chi connectivity index (χ0) is 31.2. The van der Waals surface area contributed by atoms with Crippen LogP contribution >= 0.6 is 15.9 Å². The fourth-order valence-corrected chi connectivity index (χ4v) is 8.42. The van der Waals surface area contributed by atoms with Crippen molar-refractivity contribution >= 4 is 37.6 Å². The van der Waals surface area contributed by atoms with Gasteiger partial charge < -0.3 is 24.2 Å². The van der Waals surface area contributed by atoms with Crippen LogP contribution in [0.25, 0.3) is 0 Å². The van der Waals surface area contributed by atoms with Crippen LogP contribution in [0.1, 0.15) is 47.7 Å². The fourth-order valence-electron chi connectivity index (χ4n) is 7.00. The van der Waals surface area contributed by atoms with E-state index >= 15 is 0 Å². The van der Waals surface area contributed by atoms with Crippen LogP contribution in [0.2, 0.25) is 0 Å². The van der Waals surface area contributed by atoms with Crippen molar-refractivity contribution in [2.45, 2.75) is 55.2 Å². The average Bonchev–Trinajstić information content (AvgIpc) is 3.30. The molecular weight excluding hydrogens is 650 g/mol. The lowest BCUT2D eigenvalue weighted by molar-refractivity contribution is 0.0339. The molecular formula is C32H34BrN3O7S. The van der Waals surface area contributed by atoms with E-state index in [9.17, 15) is 18.3 Å². The van der Waals surface area contributed by atoms with E-state index in [2.05, 4.69) is 32.8 Å². The first kappa shape index (κ1) is 30.4. The number of amides is 1. The highest BCUT2D eigenvalue weighted by Gasteiger charge is 2.59. The van der Waals surface area contributed by atoms with Gasteiger partial charge in [0.05, 0.1) is 31.8 Å². The van der Waals surface area contributed by atoms with Gasteiger partial charge in [0, 0.05) is 35.2 Å². The standard InChI is InChI=1S/C32H34BrN3O7S/c1-19-13-22(34-35-44(39,40)25-11-9-24(41-2)10-12-25)15-27-32(19)16-23(18-37)36(31(38)20-7-5-4-6-8-20)17-21-14-26(42-3)29(33)30(43-27)28(21)32/h4-12,14,19,23,27,35,37H,13,15-18H2,1-3H3/b34-22+/t19-,23+,27-,32+/m1/s1. The number of ether oxygens (including phenoxy) is 3. The van der Waals surface area contributed by atoms with Crippen molar-refractivity contribution in [1.29, 1.82) is 0 Å². The number of methoxy groups -OCH3 is 2. The first-order chi connectivity index (χ1) is 21.1. The maximum atomic E-state index is 13.8. The van der Waals surface area contributed by atoms with E-state index < -0.39 is 27.6 Å². The Morgan fingerprint density at radius 1 is 1.14 bits per heavy atom. The Kier molecular flexibility index (Phi) is 8.10. The monoisotopic (exact) mass is 683 g/mol. The van der Waals surface area contributed by atoms with Gasteiger partial charge >= 0.3 is 0 Å². The molecule has 0 radical (unpaired) electrons. The number of carbonyl (C=O) groups is 1. The van der Waals surface area contributed by atoms with Crippen LogP contribution in [0.3, 0.4) is 0 Å². The van der Waals surface area contributed by atoms with Crippen LogP contribution in [-0.2, 0) is 22.0 Å². The summed E-state index contributed by atoms with van der Waals surface area (Å²) in [6, 6.07) is 16.6. The summed E-state index contributed by atoms with van der Waals surface area (Å²) in [4.78, 5) is 18.1. The van der Waals surface area contributed by atoms with E-state index in [1.54, 1.807) is 36.3 Å². The Balaban J connectivity index is 1.37. The molecule has 2 heterocycles. The molecule has 0 saturated heterocycles. The SMILES string of the molecule is COc1ccc(S(=O)(=O)N/N=C2\C[C@@H](C)[C@]34C[C@@H](CO)N(C(=O)c5ccccc5)Cc5cc(OC)c(Br)c(c53)O[C@@H]4C2)cc1. The smallest absolute Gasteiger partial charge is 0.276 e. The van der Waals surface area contributed by atoms with Crippen LogP contribution < -0.4 is 19.0 Å². The minimum absolute atomic E-state index is 0.0633. The third-order valence-corrected chi connectivity index (χ3v) is 11.1. The van der Waals surface area contributed by atoms with E-state index in [0.717, 1.165) is 11.1 Å². The summed E-state index contributed by atoms with van der Waals surface area (Å²) in [5, 5.41) is 15.1. The van der Waals surface area contributed by atoms with Crippen molar-refractivity contribution in [3.05, 3.63) is 81.8 Å². The Morgan fingerprint density at radius 2 is 1.86 bits per heavy atom. The Labute approximate surface area is 265 Å². The normalized spacial score (nSPS) is 25.0. The molecule has 1 amide bonds. The maximum Gasteiger partial charge on any atom is 0.276 e. The first-order valence-electron chi connectivity index (χ1n) is 14.4. The molecule has 3 aliphatic rings. The predicted molar refractivity (Wildman–Crippen MR) is 168 cm³/mol. The van der Waals surface area contributed by atoms with Gasteiger partial charge in [0.25, 0.3) is 15.9 Å². The van der Waals surface area contributed by atoms with E-state index in [1.165, 1.54) is 19.2 Å². The zero-order valence-corrected chi connectivity index (χ0v) is 27.0. The summed E-state index contributed by atoms with van der Waals surface area (Å²) in [7, 11) is -0.809. The molecule has 44 heavy (non-hydrogen) atoms. The number of nitrogens with one attached hydrogen (secondary N) is 1. The second kappa shape index (κ2) is 11.7. The van der Waals surface area contributed by atoms with Crippen molar-refractivity contribution in [3.8, 4) is 17.2 Å². The third-order valence-electron chi connectivity index (χ3n) is 9.17. The minimum atomic E-state index is -3.91. The number of aliphatic hydroxyl groups is 1. The lowest BCUT2D eigenvalue weighted by Crippen LogP contribution is -2.53. The average molecular weight is 685 g/mol. The summed E-state index contributed by atoms with van der Waals surface area (Å²) < 4.78 is 44.2. The van der Waals surface area contributed by atoms with Crippen LogP contribution in [0.15, 0.2) is 75.1 Å². The summed E-state index contributed by atoms with van der Waals surface area (Å²) in [5.41, 5.74) is 2.54. The van der Waals surface area contributed by atoms with E-state index in [1.807, 2.05) is 24.3 Å². The van der Waals surface area contributed by atoms with Crippen LogP contribution in [0, 0.1) is 5.92 Å². The topological polar surface area (TPSA) is 127 Å². The van der Waals surface area contributed by atoms with Crippen molar-refractivity contribution < 1.29 is 32.5 Å². The lowest BCUT2D eigenvalue weighted by Gasteiger charge is -2.45. The number of aliphatic hydroxyl groups excluding tert-OH is 1. The van der Waals surface area contributed by atoms with Crippen LogP contribution in [0.5, 0.6) is 17.2 Å². The highest BCUT2D eigenvalue weighted by molar-refractivity contribution is 9.10. The molecule has 0 bridgehead atoms. The number of nitrogens with zero attached hydrogens (tertiary/aromatic N) is 2. The van der Waals surface area contributed by atoms with Gasteiger partial charge in [-0.25, -0.2) is 4.83 Å².